The first-order valence-corrected chi connectivity index (χ1v) is 10.2. The topological polar surface area (TPSA) is 58.6 Å². The zero-order chi connectivity index (χ0) is 22.1. The number of methoxy groups -OCH3 is 1. The number of nitrogens with zero attached hydrogens (tertiary/aromatic N) is 1. The van der Waals surface area contributed by atoms with E-state index >= 15 is 0 Å². The first kappa shape index (κ1) is 20.7. The molecule has 0 unspecified atom stereocenters. The minimum Gasteiger partial charge on any atom is -0.497 e. The molecular formula is C25H21ClN2O3. The van der Waals surface area contributed by atoms with Crippen molar-refractivity contribution >= 4 is 40.4 Å². The molecule has 1 heterocycles. The van der Waals surface area contributed by atoms with Gasteiger partial charge in [-0.05, 0) is 60.9 Å². The van der Waals surface area contributed by atoms with E-state index in [9.17, 15) is 9.59 Å². The average molecular weight is 433 g/mol. The molecular weight excluding hydrogens is 412 g/mol. The van der Waals surface area contributed by atoms with Crippen LogP contribution < -0.4 is 15.0 Å². The molecule has 0 spiro atoms. The third kappa shape index (κ3) is 3.68. The molecule has 31 heavy (non-hydrogen) atoms. The number of para-hydroxylation sites is 1. The zero-order valence-electron chi connectivity index (χ0n) is 17.4. The Morgan fingerprint density at radius 3 is 2.26 bits per heavy atom. The summed E-state index contributed by atoms with van der Waals surface area (Å²) < 4.78 is 5.23. The van der Waals surface area contributed by atoms with Crippen molar-refractivity contribution in [3.8, 4) is 5.75 Å². The lowest BCUT2D eigenvalue weighted by molar-refractivity contribution is -0.120. The lowest BCUT2D eigenvalue weighted by Gasteiger charge is -2.18. The van der Waals surface area contributed by atoms with E-state index in [-0.39, 0.29) is 11.6 Å². The van der Waals surface area contributed by atoms with Gasteiger partial charge in [0.05, 0.1) is 18.4 Å². The summed E-state index contributed by atoms with van der Waals surface area (Å²) in [5.74, 6) is -0.131. The van der Waals surface area contributed by atoms with Crippen LogP contribution in [-0.2, 0) is 9.59 Å². The van der Waals surface area contributed by atoms with Gasteiger partial charge in [-0.2, -0.15) is 0 Å². The van der Waals surface area contributed by atoms with Gasteiger partial charge < -0.3 is 10.1 Å². The fourth-order valence-corrected chi connectivity index (χ4v) is 3.76. The van der Waals surface area contributed by atoms with Crippen LogP contribution in [0.2, 0.25) is 5.02 Å². The number of hydrogen-bond acceptors (Lipinski definition) is 4. The minimum atomic E-state index is -0.413. The molecule has 0 atom stereocenters. The van der Waals surface area contributed by atoms with Gasteiger partial charge in [0.15, 0.2) is 0 Å². The molecule has 5 nitrogen and oxygen atoms in total. The number of hydrogen-bond donors (Lipinski definition) is 1. The van der Waals surface area contributed by atoms with Crippen molar-refractivity contribution in [3.05, 3.63) is 94.1 Å². The molecule has 0 bridgehead atoms. The van der Waals surface area contributed by atoms with Crippen LogP contribution in [0, 0.1) is 13.8 Å². The minimum absolute atomic E-state index is 0.212. The molecule has 156 valence electrons. The van der Waals surface area contributed by atoms with E-state index in [0.717, 1.165) is 11.1 Å². The van der Waals surface area contributed by atoms with Crippen molar-refractivity contribution in [2.45, 2.75) is 13.8 Å². The zero-order valence-corrected chi connectivity index (χ0v) is 18.2. The maximum Gasteiger partial charge on any atom is 0.282 e. The van der Waals surface area contributed by atoms with Gasteiger partial charge in [0.2, 0.25) is 0 Å². The number of halogens is 1. The summed E-state index contributed by atoms with van der Waals surface area (Å²) in [6.45, 7) is 3.73. The Labute approximate surface area is 185 Å². The first-order chi connectivity index (χ1) is 14.9. The highest BCUT2D eigenvalue weighted by Gasteiger charge is 2.40. The summed E-state index contributed by atoms with van der Waals surface area (Å²) in [4.78, 5) is 28.2. The lowest BCUT2D eigenvalue weighted by atomic mass is 10.0. The molecule has 4 rings (SSSR count). The van der Waals surface area contributed by atoms with Crippen LogP contribution in [0.15, 0.2) is 72.4 Å². The van der Waals surface area contributed by atoms with Gasteiger partial charge in [-0.3, -0.25) is 9.59 Å². The molecule has 0 aliphatic carbocycles. The third-order valence-corrected chi connectivity index (χ3v) is 5.76. The molecule has 2 amide bonds. The lowest BCUT2D eigenvalue weighted by Crippen LogP contribution is -2.33. The normalized spacial score (nSPS) is 13.7. The first-order valence-electron chi connectivity index (χ1n) is 9.77. The van der Waals surface area contributed by atoms with Crippen LogP contribution >= 0.6 is 11.6 Å². The predicted molar refractivity (Wildman–Crippen MR) is 123 cm³/mol. The highest BCUT2D eigenvalue weighted by atomic mass is 35.5. The van der Waals surface area contributed by atoms with Crippen molar-refractivity contribution in [1.82, 2.24) is 0 Å². The van der Waals surface area contributed by atoms with Gasteiger partial charge in [-0.25, -0.2) is 4.90 Å². The van der Waals surface area contributed by atoms with Crippen LogP contribution in [0.1, 0.15) is 16.7 Å². The van der Waals surface area contributed by atoms with Crippen LogP contribution in [0.4, 0.5) is 11.4 Å². The van der Waals surface area contributed by atoms with Crippen molar-refractivity contribution < 1.29 is 14.3 Å². The van der Waals surface area contributed by atoms with E-state index < -0.39 is 5.91 Å². The van der Waals surface area contributed by atoms with Crippen LogP contribution in [-0.4, -0.2) is 18.9 Å². The number of carbonyl (C=O) groups is 2. The monoisotopic (exact) mass is 432 g/mol. The standard InChI is InChI=1S/C25H21ClN2O3/c1-15-7-4-5-10-21(15)28-24(29)22(17-11-13-18(31-3)14-12-17)23(25(28)30)27-20-9-6-8-19(26)16(20)2/h4-14,27H,1-3H3. The maximum atomic E-state index is 13.5. The number of imide groups is 1. The summed E-state index contributed by atoms with van der Waals surface area (Å²) in [5, 5.41) is 3.75. The van der Waals surface area contributed by atoms with E-state index in [1.54, 1.807) is 49.6 Å². The van der Waals surface area contributed by atoms with Gasteiger partial charge in [0, 0.05) is 10.7 Å². The molecule has 3 aromatic rings. The van der Waals surface area contributed by atoms with Crippen LogP contribution in [0.5, 0.6) is 5.75 Å². The number of nitrogens with one attached hydrogen (secondary N) is 1. The van der Waals surface area contributed by atoms with Gasteiger partial charge >= 0.3 is 0 Å². The second kappa shape index (κ2) is 8.28. The third-order valence-electron chi connectivity index (χ3n) is 5.35. The van der Waals surface area contributed by atoms with Crippen molar-refractivity contribution in [1.29, 1.82) is 0 Å². The van der Waals surface area contributed by atoms with Gasteiger partial charge in [-0.15, -0.1) is 0 Å². The second-order valence-corrected chi connectivity index (χ2v) is 7.66. The number of aryl methyl sites for hydroxylation is 1. The van der Waals surface area contributed by atoms with E-state index in [0.29, 0.717) is 33.3 Å². The Hall–Kier alpha value is -3.57. The van der Waals surface area contributed by atoms with E-state index in [1.807, 2.05) is 38.1 Å². The fraction of sp³-hybridized carbons (Fsp3) is 0.120. The van der Waals surface area contributed by atoms with E-state index in [1.165, 1.54) is 4.90 Å². The number of carbonyl (C=O) groups excluding carboxylic acids is 2. The number of amides is 2. The molecule has 0 aromatic heterocycles. The molecule has 1 aliphatic heterocycles. The summed E-state index contributed by atoms with van der Waals surface area (Å²) in [6, 6.07) is 19.8. The average Bonchev–Trinajstić information content (AvgIpc) is 3.01. The smallest absolute Gasteiger partial charge is 0.282 e. The van der Waals surface area contributed by atoms with E-state index in [4.69, 9.17) is 16.3 Å². The number of benzene rings is 3. The molecule has 0 saturated heterocycles. The fourth-order valence-electron chi connectivity index (χ4n) is 3.58. The Kier molecular flexibility index (Phi) is 5.53. The summed E-state index contributed by atoms with van der Waals surface area (Å²) in [7, 11) is 1.58. The van der Waals surface area contributed by atoms with Crippen LogP contribution in [0.25, 0.3) is 5.57 Å². The van der Waals surface area contributed by atoms with Crippen molar-refractivity contribution in [2.75, 3.05) is 17.3 Å². The van der Waals surface area contributed by atoms with Crippen molar-refractivity contribution in [3.63, 3.8) is 0 Å². The van der Waals surface area contributed by atoms with Crippen LogP contribution in [0.3, 0.4) is 0 Å². The molecule has 0 saturated carbocycles. The molecule has 0 fully saturated rings. The van der Waals surface area contributed by atoms with Gasteiger partial charge in [0.1, 0.15) is 11.4 Å². The van der Waals surface area contributed by atoms with Gasteiger partial charge in [0.25, 0.3) is 11.8 Å². The predicted octanol–water partition coefficient (Wildman–Crippen LogP) is 5.36. The second-order valence-electron chi connectivity index (χ2n) is 7.25. The molecule has 0 radical (unpaired) electrons. The highest BCUT2D eigenvalue weighted by molar-refractivity contribution is 6.46. The Morgan fingerprint density at radius 2 is 1.58 bits per heavy atom. The molecule has 1 N–H and O–H groups in total. The Morgan fingerprint density at radius 1 is 0.871 bits per heavy atom. The molecule has 3 aromatic carbocycles. The van der Waals surface area contributed by atoms with Crippen molar-refractivity contribution in [2.24, 2.45) is 0 Å². The quantitative estimate of drug-likeness (QED) is 0.551. The summed E-state index contributed by atoms with van der Waals surface area (Å²) in [6.07, 6.45) is 0. The SMILES string of the molecule is COc1ccc(C2=C(Nc3cccc(Cl)c3C)C(=O)N(c3ccccc3C)C2=O)cc1. The molecule has 1 aliphatic rings. The highest BCUT2D eigenvalue weighted by Crippen LogP contribution is 2.36. The number of ether oxygens (including phenoxy) is 1. The van der Waals surface area contributed by atoms with E-state index in [2.05, 4.69) is 5.32 Å². The largest absolute Gasteiger partial charge is 0.497 e. The summed E-state index contributed by atoms with van der Waals surface area (Å²) in [5.41, 5.74) is 3.99. The van der Waals surface area contributed by atoms with Gasteiger partial charge in [-0.1, -0.05) is 48.0 Å². The Bertz CT molecular complexity index is 1220. The number of rotatable bonds is 5. The Balaban J connectivity index is 1.86. The molecule has 6 heteroatoms. The number of anilines is 2. The maximum absolute atomic E-state index is 13.5. The summed E-state index contributed by atoms with van der Waals surface area (Å²) >= 11 is 6.26.